The van der Waals surface area contributed by atoms with Crippen LogP contribution >= 0.6 is 0 Å². The molecule has 168 valence electrons. The Morgan fingerprint density at radius 2 is 1.00 bits per heavy atom. The summed E-state index contributed by atoms with van der Waals surface area (Å²) in [5, 5.41) is 0. The van der Waals surface area contributed by atoms with Gasteiger partial charge in [0, 0.05) is 0 Å². The molecule has 0 aromatic rings. The molecule has 4 unspecified atom stereocenters. The molecule has 0 radical (unpaired) electrons. The molecule has 17 heteroatoms. The average Bonchev–Trinajstić information content (AvgIpc) is 2.93. The van der Waals surface area contributed by atoms with Gasteiger partial charge >= 0.3 is 30.6 Å². The number of hydrogen-bond acceptors (Lipinski definition) is 2. The molecule has 1 fully saturated rings. The molecular weight excluding hydrogens is 447 g/mol. The second-order valence-corrected chi connectivity index (χ2v) is 5.59. The van der Waals surface area contributed by atoms with Gasteiger partial charge in [0.05, 0.1) is 0 Å². The van der Waals surface area contributed by atoms with E-state index in [1.165, 1.54) is 0 Å². The quantitative estimate of drug-likeness (QED) is 0.410. The molecule has 1 rings (SSSR count). The van der Waals surface area contributed by atoms with E-state index in [9.17, 15) is 65.9 Å². The van der Waals surface area contributed by atoms with Crippen LogP contribution in [0.2, 0.25) is 0 Å². The Morgan fingerprint density at radius 1 is 0.643 bits per heavy atom. The lowest BCUT2D eigenvalue weighted by Crippen LogP contribution is -2.61. The van der Waals surface area contributed by atoms with Gasteiger partial charge in [-0.05, 0) is 12.8 Å². The first-order valence-electron chi connectivity index (χ1n) is 6.83. The number of hydrogen-bond donors (Lipinski definition) is 0. The van der Waals surface area contributed by atoms with Crippen molar-refractivity contribution in [3.05, 3.63) is 0 Å². The summed E-state index contributed by atoms with van der Waals surface area (Å²) in [6, 6.07) is 0. The molecule has 1 saturated heterocycles. The minimum atomic E-state index is -6.72. The minimum absolute atomic E-state index is 1.52. The van der Waals surface area contributed by atoms with Crippen LogP contribution < -0.4 is 0 Å². The fourth-order valence-electron chi connectivity index (χ4n) is 2.31. The predicted molar refractivity (Wildman–Crippen MR) is 57.6 cm³/mol. The highest BCUT2D eigenvalue weighted by atomic mass is 19.4. The van der Waals surface area contributed by atoms with Gasteiger partial charge in [-0.25, -0.2) is 17.6 Å². The van der Waals surface area contributed by atoms with Gasteiger partial charge < -0.3 is 4.74 Å². The molecule has 1 aliphatic rings. The summed E-state index contributed by atoms with van der Waals surface area (Å²) < 4.78 is 194. The average molecular weight is 455 g/mol. The monoisotopic (exact) mass is 455 g/mol. The van der Waals surface area contributed by atoms with Crippen LogP contribution in [-0.2, 0) is 4.74 Å². The number of rotatable bonds is 5. The first-order valence-corrected chi connectivity index (χ1v) is 6.83. The molecule has 0 aromatic heterocycles. The maximum absolute atomic E-state index is 13.7. The topological polar surface area (TPSA) is 12.5 Å². The summed E-state index contributed by atoms with van der Waals surface area (Å²) in [4.78, 5) is -3.16. The van der Waals surface area contributed by atoms with Gasteiger partial charge in [-0.1, -0.05) is 4.90 Å². The summed E-state index contributed by atoms with van der Waals surface area (Å²) >= 11 is 0. The van der Waals surface area contributed by atoms with Gasteiger partial charge in [-0.3, -0.25) is 0 Å². The third-order valence-electron chi connectivity index (χ3n) is 3.59. The summed E-state index contributed by atoms with van der Waals surface area (Å²) in [6.45, 7) is 0. The van der Waals surface area contributed by atoms with Crippen molar-refractivity contribution in [2.75, 3.05) is 0 Å². The highest BCUT2D eigenvalue weighted by Crippen LogP contribution is 2.48. The van der Waals surface area contributed by atoms with Crippen molar-refractivity contribution in [3.8, 4) is 0 Å². The highest BCUT2D eigenvalue weighted by Gasteiger charge is 2.69. The van der Waals surface area contributed by atoms with E-state index >= 15 is 0 Å². The van der Waals surface area contributed by atoms with E-state index in [0.717, 1.165) is 0 Å². The van der Waals surface area contributed by atoms with Gasteiger partial charge in [-0.2, -0.15) is 48.3 Å². The lowest BCUT2D eigenvalue weighted by Gasteiger charge is -2.36. The molecule has 4 atom stereocenters. The van der Waals surface area contributed by atoms with Crippen molar-refractivity contribution in [1.82, 2.24) is 4.90 Å². The highest BCUT2D eigenvalue weighted by molar-refractivity contribution is 4.98. The maximum atomic E-state index is 13.7. The van der Waals surface area contributed by atoms with Crippen LogP contribution in [0.1, 0.15) is 12.8 Å². The normalized spacial score (nSPS) is 25.3. The smallest absolute Gasteiger partial charge is 0.362 e. The molecule has 28 heavy (non-hydrogen) atoms. The lowest BCUT2D eigenvalue weighted by molar-refractivity contribution is -0.418. The van der Waals surface area contributed by atoms with Crippen molar-refractivity contribution in [2.45, 2.75) is 68.1 Å². The van der Waals surface area contributed by atoms with Crippen LogP contribution in [0.4, 0.5) is 65.9 Å². The molecule has 1 aliphatic heterocycles. The van der Waals surface area contributed by atoms with E-state index in [-0.39, 0.29) is 0 Å². The zero-order chi connectivity index (χ0) is 22.5. The molecule has 0 spiro atoms. The van der Waals surface area contributed by atoms with Crippen LogP contribution in [-0.4, -0.2) is 60.2 Å². The van der Waals surface area contributed by atoms with E-state index in [1.807, 2.05) is 0 Å². The number of alkyl halides is 15. The second-order valence-electron chi connectivity index (χ2n) is 5.59. The Bertz CT molecular complexity index is 524. The van der Waals surface area contributed by atoms with Crippen molar-refractivity contribution < 1.29 is 70.6 Å². The SMILES string of the molecule is FC(N(C(F)(F)F)C(F)(F)F)C(F)(F)C1CCC(C(F)(F)C(F)C(F)(F)F)O1. The van der Waals surface area contributed by atoms with Crippen molar-refractivity contribution in [2.24, 2.45) is 0 Å². The van der Waals surface area contributed by atoms with Gasteiger partial charge in [0.15, 0.2) is 0 Å². The van der Waals surface area contributed by atoms with E-state index in [4.69, 9.17) is 0 Å². The first-order chi connectivity index (χ1) is 12.1. The lowest BCUT2D eigenvalue weighted by atomic mass is 10.0. The van der Waals surface area contributed by atoms with E-state index < -0.39 is 73.0 Å². The Balaban J connectivity index is 3.08. The summed E-state index contributed by atoms with van der Waals surface area (Å²) in [5.74, 6) is -11.3. The van der Waals surface area contributed by atoms with Gasteiger partial charge in [0.2, 0.25) is 6.30 Å². The van der Waals surface area contributed by atoms with Crippen molar-refractivity contribution in [1.29, 1.82) is 0 Å². The molecule has 2 nitrogen and oxygen atoms in total. The van der Waals surface area contributed by atoms with Crippen LogP contribution in [0.5, 0.6) is 0 Å². The Kier molecular flexibility index (Phi) is 6.48. The Hall–Kier alpha value is -1.13. The molecule has 0 aliphatic carbocycles. The van der Waals surface area contributed by atoms with Crippen molar-refractivity contribution >= 4 is 0 Å². The fourth-order valence-corrected chi connectivity index (χ4v) is 2.31. The molecule has 0 aromatic carbocycles. The van der Waals surface area contributed by atoms with Crippen LogP contribution in [0.25, 0.3) is 0 Å². The number of halogens is 15. The zero-order valence-electron chi connectivity index (χ0n) is 12.7. The summed E-state index contributed by atoms with van der Waals surface area (Å²) in [7, 11) is 0. The first kappa shape index (κ1) is 24.9. The minimum Gasteiger partial charge on any atom is -0.362 e. The second kappa shape index (κ2) is 7.28. The van der Waals surface area contributed by atoms with Crippen molar-refractivity contribution in [3.63, 3.8) is 0 Å². The number of nitrogens with zero attached hydrogens (tertiary/aromatic N) is 1. The third kappa shape index (κ3) is 4.88. The molecule has 1 heterocycles. The van der Waals surface area contributed by atoms with Crippen LogP contribution in [0.15, 0.2) is 0 Å². The van der Waals surface area contributed by atoms with Gasteiger partial charge in [-0.15, -0.1) is 0 Å². The number of ether oxygens (including phenoxy) is 1. The predicted octanol–water partition coefficient (Wildman–Crippen LogP) is 5.34. The molecule has 0 amide bonds. The van der Waals surface area contributed by atoms with E-state index in [2.05, 4.69) is 4.74 Å². The van der Waals surface area contributed by atoms with Gasteiger partial charge in [0.25, 0.3) is 6.17 Å². The van der Waals surface area contributed by atoms with Crippen LogP contribution in [0, 0.1) is 0 Å². The standard InChI is InChI=1S/C11H8F15NO/c12-5(9(18,19)20)7(14,15)3-1-2-4(28-3)8(16,17)6(13)27(10(21,22)23)11(24,25)26/h3-6H,1-2H2. The Morgan fingerprint density at radius 3 is 1.32 bits per heavy atom. The molecule has 0 saturated carbocycles. The summed E-state index contributed by atoms with van der Waals surface area (Å²) in [5.41, 5.74) is 0. The Labute approximate surface area is 145 Å². The zero-order valence-corrected chi connectivity index (χ0v) is 12.7. The largest absolute Gasteiger partial charge is 0.469 e. The fraction of sp³-hybridized carbons (Fsp3) is 1.00. The van der Waals surface area contributed by atoms with E-state index in [1.54, 1.807) is 0 Å². The molecule has 0 N–H and O–H groups in total. The third-order valence-corrected chi connectivity index (χ3v) is 3.59. The van der Waals surface area contributed by atoms with Crippen LogP contribution in [0.3, 0.4) is 0 Å². The van der Waals surface area contributed by atoms with Gasteiger partial charge in [0.1, 0.15) is 12.2 Å². The maximum Gasteiger partial charge on any atom is 0.469 e. The van der Waals surface area contributed by atoms with E-state index in [0.29, 0.717) is 0 Å². The molecular formula is C11H8F15NO. The molecule has 0 bridgehead atoms. The summed E-state index contributed by atoms with van der Waals surface area (Å²) in [6.07, 6.45) is -39.6.